The van der Waals surface area contributed by atoms with Crippen molar-refractivity contribution in [3.63, 3.8) is 0 Å². The van der Waals surface area contributed by atoms with Crippen LogP contribution in [0.3, 0.4) is 0 Å². The van der Waals surface area contributed by atoms with E-state index in [0.717, 1.165) is 15.6 Å². The second-order valence-electron chi connectivity index (χ2n) is 6.44. The lowest BCUT2D eigenvalue weighted by molar-refractivity contribution is -0.275. The van der Waals surface area contributed by atoms with Crippen molar-refractivity contribution >= 4 is 50.3 Å². The summed E-state index contributed by atoms with van der Waals surface area (Å²) in [6.45, 7) is 1.96. The Morgan fingerprint density at radius 2 is 1.78 bits per heavy atom. The smallest absolute Gasteiger partial charge is 0.374 e. The minimum absolute atomic E-state index is 0.107. The van der Waals surface area contributed by atoms with Crippen molar-refractivity contribution < 1.29 is 18.0 Å². The van der Waals surface area contributed by atoms with Crippen molar-refractivity contribution in [3.05, 3.63) is 68.5 Å². The summed E-state index contributed by atoms with van der Waals surface area (Å²) in [6, 6.07) is 11.5. The van der Waals surface area contributed by atoms with E-state index < -0.39 is 18.2 Å². The molecule has 0 N–H and O–H groups in total. The van der Waals surface area contributed by atoms with E-state index in [1.54, 1.807) is 0 Å². The highest BCUT2D eigenvalue weighted by molar-refractivity contribution is 7.20. The van der Waals surface area contributed by atoms with Gasteiger partial charge < -0.3 is 4.84 Å². The lowest BCUT2D eigenvalue weighted by atomic mass is 9.88. The molecule has 27 heavy (non-hydrogen) atoms. The summed E-state index contributed by atoms with van der Waals surface area (Å²) in [5.74, 6) is 0. The molecule has 1 aliphatic rings. The van der Waals surface area contributed by atoms with Crippen LogP contribution in [0.5, 0.6) is 0 Å². The van der Waals surface area contributed by atoms with E-state index in [2.05, 4.69) is 5.16 Å². The van der Waals surface area contributed by atoms with Crippen molar-refractivity contribution in [1.29, 1.82) is 0 Å². The number of halogens is 5. The van der Waals surface area contributed by atoms with Gasteiger partial charge in [0, 0.05) is 20.3 Å². The highest BCUT2D eigenvalue weighted by Crippen LogP contribution is 2.50. The molecule has 4 rings (SSSR count). The Morgan fingerprint density at radius 1 is 1.07 bits per heavy atom. The quantitative estimate of drug-likeness (QED) is 0.425. The molecule has 0 aliphatic carbocycles. The number of thiophene rings is 1. The molecule has 0 bridgehead atoms. The number of fused-ring (bicyclic) bond motifs is 1. The third kappa shape index (κ3) is 3.20. The predicted octanol–water partition coefficient (Wildman–Crippen LogP) is 7.10. The van der Waals surface area contributed by atoms with Gasteiger partial charge >= 0.3 is 6.18 Å². The maximum absolute atomic E-state index is 14.0. The molecule has 0 fully saturated rings. The van der Waals surface area contributed by atoms with Gasteiger partial charge in [-0.05, 0) is 42.6 Å². The van der Waals surface area contributed by atoms with Gasteiger partial charge in [0.05, 0.1) is 11.3 Å². The summed E-state index contributed by atoms with van der Waals surface area (Å²) in [5, 5.41) is 4.98. The van der Waals surface area contributed by atoms with Gasteiger partial charge in [0.2, 0.25) is 0 Å². The highest BCUT2D eigenvalue weighted by atomic mass is 35.5. The van der Waals surface area contributed by atoms with Crippen LogP contribution in [0.1, 0.15) is 22.4 Å². The topological polar surface area (TPSA) is 21.6 Å². The second-order valence-corrected chi connectivity index (χ2v) is 8.40. The molecule has 0 saturated carbocycles. The standard InChI is InChI=1S/C19H12Cl2F3NOS/c1-10-2-3-16-11(4-10)5-17(27-16)15-9-18(26-25-15,19(22,23)24)12-6-13(20)8-14(21)7-12/h2-8H,9H2,1H3. The van der Waals surface area contributed by atoms with Crippen LogP contribution < -0.4 is 0 Å². The van der Waals surface area contributed by atoms with E-state index in [0.29, 0.717) is 4.88 Å². The molecular weight excluding hydrogens is 418 g/mol. The first-order chi connectivity index (χ1) is 12.7. The van der Waals surface area contributed by atoms with Crippen molar-refractivity contribution in [2.75, 3.05) is 0 Å². The highest BCUT2D eigenvalue weighted by Gasteiger charge is 2.62. The first-order valence-electron chi connectivity index (χ1n) is 7.97. The predicted molar refractivity (Wildman–Crippen MR) is 103 cm³/mol. The van der Waals surface area contributed by atoms with Crippen LogP contribution in [0.2, 0.25) is 10.0 Å². The number of aryl methyl sites for hydroxylation is 1. The van der Waals surface area contributed by atoms with E-state index in [4.69, 9.17) is 28.0 Å². The molecule has 8 heteroatoms. The van der Waals surface area contributed by atoms with E-state index in [9.17, 15) is 13.2 Å². The zero-order valence-electron chi connectivity index (χ0n) is 13.9. The Labute approximate surface area is 167 Å². The van der Waals surface area contributed by atoms with Crippen LogP contribution in [0.25, 0.3) is 10.1 Å². The second kappa shape index (κ2) is 6.40. The fraction of sp³-hybridized carbons (Fsp3) is 0.211. The molecule has 2 nitrogen and oxygen atoms in total. The number of rotatable bonds is 2. The zero-order chi connectivity index (χ0) is 19.4. The molecular formula is C19H12Cl2F3NOS. The van der Waals surface area contributed by atoms with Crippen LogP contribution in [-0.2, 0) is 10.4 Å². The van der Waals surface area contributed by atoms with E-state index in [1.165, 1.54) is 29.5 Å². The first-order valence-corrected chi connectivity index (χ1v) is 9.54. The molecule has 140 valence electrons. The van der Waals surface area contributed by atoms with Crippen molar-refractivity contribution in [2.45, 2.75) is 25.1 Å². The minimum atomic E-state index is -4.69. The Hall–Kier alpha value is -1.76. The summed E-state index contributed by atoms with van der Waals surface area (Å²) >= 11 is 13.2. The Kier molecular flexibility index (Phi) is 4.41. The largest absolute Gasteiger partial charge is 0.435 e. The molecule has 3 aromatic rings. The molecule has 0 saturated heterocycles. The molecule has 1 aromatic heterocycles. The van der Waals surface area contributed by atoms with Gasteiger partial charge in [-0.2, -0.15) is 13.2 Å². The molecule has 2 aromatic carbocycles. The lowest BCUT2D eigenvalue weighted by Crippen LogP contribution is -2.42. The molecule has 1 atom stereocenters. The minimum Gasteiger partial charge on any atom is -0.374 e. The molecule has 0 amide bonds. The molecule has 1 unspecified atom stereocenters. The molecule has 0 spiro atoms. The van der Waals surface area contributed by atoms with Crippen molar-refractivity contribution in [3.8, 4) is 0 Å². The number of benzene rings is 2. The molecule has 1 aliphatic heterocycles. The van der Waals surface area contributed by atoms with Gasteiger partial charge in [-0.1, -0.05) is 46.1 Å². The fourth-order valence-corrected chi connectivity index (χ4v) is 4.68. The average molecular weight is 430 g/mol. The fourth-order valence-electron chi connectivity index (χ4n) is 3.13. The Bertz CT molecular complexity index is 1060. The summed E-state index contributed by atoms with van der Waals surface area (Å²) in [7, 11) is 0. The summed E-state index contributed by atoms with van der Waals surface area (Å²) < 4.78 is 43.1. The van der Waals surface area contributed by atoms with Crippen LogP contribution >= 0.6 is 34.5 Å². The first kappa shape index (κ1) is 18.6. The van der Waals surface area contributed by atoms with Gasteiger partial charge in [0.15, 0.2) is 0 Å². The van der Waals surface area contributed by atoms with E-state index >= 15 is 0 Å². The SMILES string of the molecule is Cc1ccc2sc(C3=NOC(c4cc(Cl)cc(Cl)c4)(C(F)(F)F)C3)cc2c1. The van der Waals surface area contributed by atoms with E-state index in [1.807, 2.05) is 31.2 Å². The van der Waals surface area contributed by atoms with Crippen LogP contribution in [-0.4, -0.2) is 11.9 Å². The third-order valence-electron chi connectivity index (χ3n) is 4.47. The molecule has 2 heterocycles. The monoisotopic (exact) mass is 429 g/mol. The van der Waals surface area contributed by atoms with Gasteiger partial charge in [-0.25, -0.2) is 0 Å². The summed E-state index contributed by atoms with van der Waals surface area (Å²) in [6.07, 6.45) is -5.14. The maximum Gasteiger partial charge on any atom is 0.435 e. The van der Waals surface area contributed by atoms with Gasteiger partial charge in [-0.3, -0.25) is 0 Å². The van der Waals surface area contributed by atoms with Gasteiger partial charge in [-0.15, -0.1) is 11.3 Å². The van der Waals surface area contributed by atoms with Crippen LogP contribution in [0, 0.1) is 6.92 Å². The molecule has 0 radical (unpaired) electrons. The van der Waals surface area contributed by atoms with Crippen molar-refractivity contribution in [2.24, 2.45) is 5.16 Å². The number of oxime groups is 1. The third-order valence-corrected chi connectivity index (χ3v) is 6.07. The number of nitrogens with zero attached hydrogens (tertiary/aromatic N) is 1. The Balaban J connectivity index is 1.76. The average Bonchev–Trinajstić information content (AvgIpc) is 3.17. The normalized spacial score (nSPS) is 20.0. The number of hydrogen-bond donors (Lipinski definition) is 0. The number of hydrogen-bond acceptors (Lipinski definition) is 3. The maximum atomic E-state index is 14.0. The lowest BCUT2D eigenvalue weighted by Gasteiger charge is -2.29. The Morgan fingerprint density at radius 3 is 2.44 bits per heavy atom. The van der Waals surface area contributed by atoms with Crippen molar-refractivity contribution in [1.82, 2.24) is 0 Å². The van der Waals surface area contributed by atoms with E-state index in [-0.39, 0.29) is 21.3 Å². The summed E-state index contributed by atoms with van der Waals surface area (Å²) in [5.41, 5.74) is -1.44. The van der Waals surface area contributed by atoms with Gasteiger partial charge in [0.25, 0.3) is 5.60 Å². The van der Waals surface area contributed by atoms with Gasteiger partial charge in [0.1, 0.15) is 5.71 Å². The zero-order valence-corrected chi connectivity index (χ0v) is 16.2. The van der Waals surface area contributed by atoms with Crippen LogP contribution in [0.15, 0.2) is 47.6 Å². The van der Waals surface area contributed by atoms with Crippen LogP contribution in [0.4, 0.5) is 13.2 Å². The number of alkyl halides is 3. The summed E-state index contributed by atoms with van der Waals surface area (Å²) in [4.78, 5) is 5.69.